The molecule has 0 spiro atoms. The predicted octanol–water partition coefficient (Wildman–Crippen LogP) is 1.37. The SMILES string of the molecule is COc1ccccc1OCC1=NC=CS1(=O)=O. The van der Waals surface area contributed by atoms with Crippen molar-refractivity contribution < 1.29 is 17.9 Å². The van der Waals surface area contributed by atoms with Gasteiger partial charge in [0.2, 0.25) is 9.84 Å². The number of para-hydroxylation sites is 2. The van der Waals surface area contributed by atoms with Crippen LogP contribution in [0.25, 0.3) is 0 Å². The Bertz CT molecular complexity index is 575. The van der Waals surface area contributed by atoms with Crippen LogP contribution in [0.1, 0.15) is 0 Å². The van der Waals surface area contributed by atoms with Crippen LogP contribution >= 0.6 is 0 Å². The van der Waals surface area contributed by atoms with Crippen molar-refractivity contribution in [3.05, 3.63) is 35.9 Å². The van der Waals surface area contributed by atoms with Crippen LogP contribution in [0.5, 0.6) is 11.5 Å². The summed E-state index contributed by atoms with van der Waals surface area (Å²) in [5.74, 6) is 1.04. The zero-order chi connectivity index (χ0) is 12.3. The number of ether oxygens (including phenoxy) is 2. The summed E-state index contributed by atoms with van der Waals surface area (Å²) < 4.78 is 33.3. The summed E-state index contributed by atoms with van der Waals surface area (Å²) in [6.45, 7) is -0.101. The number of nitrogens with zero attached hydrogens (tertiary/aromatic N) is 1. The summed E-state index contributed by atoms with van der Waals surface area (Å²) in [6, 6.07) is 7.02. The monoisotopic (exact) mass is 253 g/mol. The average molecular weight is 253 g/mol. The maximum Gasteiger partial charge on any atom is 0.218 e. The number of hydrogen-bond acceptors (Lipinski definition) is 5. The number of aliphatic imine (C=N–C) groups is 1. The molecule has 0 aliphatic carbocycles. The van der Waals surface area contributed by atoms with Crippen molar-refractivity contribution in [3.63, 3.8) is 0 Å². The fourth-order valence-electron chi connectivity index (χ4n) is 1.34. The summed E-state index contributed by atoms with van der Waals surface area (Å²) >= 11 is 0. The molecule has 1 aromatic carbocycles. The molecule has 0 fully saturated rings. The maximum atomic E-state index is 11.4. The Morgan fingerprint density at radius 3 is 2.53 bits per heavy atom. The van der Waals surface area contributed by atoms with Crippen LogP contribution in [0, 0.1) is 0 Å². The van der Waals surface area contributed by atoms with E-state index in [-0.39, 0.29) is 11.7 Å². The number of hydrogen-bond donors (Lipinski definition) is 0. The highest BCUT2D eigenvalue weighted by atomic mass is 32.2. The van der Waals surface area contributed by atoms with Gasteiger partial charge in [0.25, 0.3) is 0 Å². The molecule has 0 N–H and O–H groups in total. The quantitative estimate of drug-likeness (QED) is 0.813. The lowest BCUT2D eigenvalue weighted by molar-refractivity contribution is 0.336. The molecule has 6 heteroatoms. The fraction of sp³-hybridized carbons (Fsp3) is 0.182. The van der Waals surface area contributed by atoms with E-state index in [1.165, 1.54) is 13.3 Å². The Morgan fingerprint density at radius 2 is 1.94 bits per heavy atom. The maximum absolute atomic E-state index is 11.4. The van der Waals surface area contributed by atoms with Crippen molar-refractivity contribution in [2.45, 2.75) is 0 Å². The Kier molecular flexibility index (Phi) is 3.14. The molecule has 1 aliphatic heterocycles. The first-order valence-corrected chi connectivity index (χ1v) is 6.42. The third-order valence-corrected chi connectivity index (χ3v) is 3.57. The molecule has 0 saturated heterocycles. The number of methoxy groups -OCH3 is 1. The van der Waals surface area contributed by atoms with Crippen LogP contribution in [0.3, 0.4) is 0 Å². The Hall–Kier alpha value is -1.82. The van der Waals surface area contributed by atoms with Gasteiger partial charge in [0.1, 0.15) is 6.61 Å². The highest BCUT2D eigenvalue weighted by Gasteiger charge is 2.21. The molecule has 0 radical (unpaired) electrons. The first kappa shape index (κ1) is 11.7. The van der Waals surface area contributed by atoms with E-state index in [2.05, 4.69) is 4.99 Å². The minimum Gasteiger partial charge on any atom is -0.493 e. The molecule has 90 valence electrons. The molecule has 0 atom stereocenters. The molecule has 0 bridgehead atoms. The third-order valence-electron chi connectivity index (χ3n) is 2.21. The molecular weight excluding hydrogens is 242 g/mol. The van der Waals surface area contributed by atoms with E-state index < -0.39 is 9.84 Å². The molecule has 0 unspecified atom stereocenters. The highest BCUT2D eigenvalue weighted by molar-refractivity contribution is 8.09. The summed E-state index contributed by atoms with van der Waals surface area (Å²) in [6.07, 6.45) is 1.25. The van der Waals surface area contributed by atoms with Gasteiger partial charge in [0, 0.05) is 6.20 Å². The highest BCUT2D eigenvalue weighted by Crippen LogP contribution is 2.26. The third kappa shape index (κ3) is 2.47. The van der Waals surface area contributed by atoms with Gasteiger partial charge in [-0.05, 0) is 12.1 Å². The summed E-state index contributed by atoms with van der Waals surface area (Å²) in [5, 5.41) is 1.05. The fourth-order valence-corrected chi connectivity index (χ4v) is 2.15. The lowest BCUT2D eigenvalue weighted by Gasteiger charge is -2.09. The zero-order valence-corrected chi connectivity index (χ0v) is 9.98. The van der Waals surface area contributed by atoms with Gasteiger partial charge in [-0.2, -0.15) is 0 Å². The average Bonchev–Trinajstić information content (AvgIpc) is 2.66. The Labute approximate surface area is 99.3 Å². The van der Waals surface area contributed by atoms with Crippen LogP contribution in [0.4, 0.5) is 0 Å². The van der Waals surface area contributed by atoms with Crippen LogP contribution in [0.2, 0.25) is 0 Å². The molecule has 5 nitrogen and oxygen atoms in total. The van der Waals surface area contributed by atoms with Crippen molar-refractivity contribution in [2.75, 3.05) is 13.7 Å². The number of rotatable bonds is 4. The van der Waals surface area contributed by atoms with Gasteiger partial charge in [0.05, 0.1) is 12.5 Å². The first-order valence-electron chi connectivity index (χ1n) is 4.87. The van der Waals surface area contributed by atoms with Gasteiger partial charge < -0.3 is 9.47 Å². The second kappa shape index (κ2) is 4.58. The van der Waals surface area contributed by atoms with Crippen molar-refractivity contribution >= 4 is 14.9 Å². The standard InChI is InChI=1S/C11H11NO4S/c1-15-9-4-2-3-5-10(9)16-8-11-12-6-7-17(11,13)14/h2-7H,8H2,1H3. The van der Waals surface area contributed by atoms with E-state index in [1.807, 2.05) is 0 Å². The van der Waals surface area contributed by atoms with Crippen LogP contribution in [-0.2, 0) is 9.84 Å². The predicted molar refractivity (Wildman–Crippen MR) is 64.0 cm³/mol. The van der Waals surface area contributed by atoms with Gasteiger partial charge in [-0.15, -0.1) is 0 Å². The van der Waals surface area contributed by atoms with Gasteiger partial charge >= 0.3 is 0 Å². The van der Waals surface area contributed by atoms with Crippen molar-refractivity contribution in [1.29, 1.82) is 0 Å². The van der Waals surface area contributed by atoms with Crippen LogP contribution < -0.4 is 9.47 Å². The van der Waals surface area contributed by atoms with Gasteiger partial charge in [-0.25, -0.2) is 13.4 Å². The van der Waals surface area contributed by atoms with E-state index in [0.717, 1.165) is 5.41 Å². The molecule has 1 aliphatic rings. The second-order valence-electron chi connectivity index (χ2n) is 3.29. The molecule has 0 aromatic heterocycles. The van der Waals surface area contributed by atoms with Gasteiger partial charge in [-0.1, -0.05) is 12.1 Å². The summed E-state index contributed by atoms with van der Waals surface area (Å²) in [5.41, 5.74) is 0. The van der Waals surface area contributed by atoms with Crippen molar-refractivity contribution in [3.8, 4) is 11.5 Å². The van der Waals surface area contributed by atoms with E-state index in [9.17, 15) is 8.42 Å². The number of benzene rings is 1. The molecule has 17 heavy (non-hydrogen) atoms. The van der Waals surface area contributed by atoms with Crippen LogP contribution in [0.15, 0.2) is 40.9 Å². The smallest absolute Gasteiger partial charge is 0.218 e. The van der Waals surface area contributed by atoms with E-state index in [4.69, 9.17) is 9.47 Å². The Morgan fingerprint density at radius 1 is 1.24 bits per heavy atom. The normalized spacial score (nSPS) is 16.6. The second-order valence-corrected chi connectivity index (χ2v) is 5.13. The molecule has 0 saturated carbocycles. The lowest BCUT2D eigenvalue weighted by atomic mass is 10.3. The minimum atomic E-state index is -3.37. The molecule has 2 rings (SSSR count). The molecule has 1 aromatic rings. The van der Waals surface area contributed by atoms with E-state index in [0.29, 0.717) is 11.5 Å². The summed E-state index contributed by atoms with van der Waals surface area (Å²) in [7, 11) is -1.85. The van der Waals surface area contributed by atoms with E-state index in [1.54, 1.807) is 24.3 Å². The van der Waals surface area contributed by atoms with Crippen molar-refractivity contribution in [2.24, 2.45) is 4.99 Å². The minimum absolute atomic E-state index is 0.00315. The van der Waals surface area contributed by atoms with Crippen LogP contribution in [-0.4, -0.2) is 27.2 Å². The zero-order valence-electron chi connectivity index (χ0n) is 9.16. The van der Waals surface area contributed by atoms with Gasteiger partial charge in [0.15, 0.2) is 16.5 Å². The topological polar surface area (TPSA) is 65.0 Å². The van der Waals surface area contributed by atoms with Gasteiger partial charge in [-0.3, -0.25) is 0 Å². The van der Waals surface area contributed by atoms with Crippen molar-refractivity contribution in [1.82, 2.24) is 0 Å². The lowest BCUT2D eigenvalue weighted by Crippen LogP contribution is -2.18. The molecular formula is C11H11NO4S. The molecule has 1 heterocycles. The Balaban J connectivity index is 2.09. The molecule has 0 amide bonds. The first-order chi connectivity index (χ1) is 8.13. The summed E-state index contributed by atoms with van der Waals surface area (Å²) in [4.78, 5) is 3.74. The number of sulfone groups is 1. The van der Waals surface area contributed by atoms with E-state index >= 15 is 0 Å². The largest absolute Gasteiger partial charge is 0.493 e.